The quantitative estimate of drug-likeness (QED) is 0.458. The molecule has 0 aromatic heterocycles. The summed E-state index contributed by atoms with van der Waals surface area (Å²) in [5, 5.41) is 3.97. The number of fused-ring (bicyclic) bond motifs is 1. The van der Waals surface area contributed by atoms with Gasteiger partial charge in [0, 0.05) is 17.6 Å². The van der Waals surface area contributed by atoms with Gasteiger partial charge in [-0.05, 0) is 31.5 Å². The molecule has 0 aliphatic carbocycles. The van der Waals surface area contributed by atoms with Gasteiger partial charge in [-0.1, -0.05) is 24.6 Å². The van der Waals surface area contributed by atoms with Crippen LogP contribution in [0.5, 0.6) is 5.75 Å². The fourth-order valence-corrected chi connectivity index (χ4v) is 2.06. The molecule has 1 aromatic rings. The zero-order chi connectivity index (χ0) is 14.9. The highest BCUT2D eigenvalue weighted by molar-refractivity contribution is 5.88. The molecule has 1 aliphatic heterocycles. The van der Waals surface area contributed by atoms with Crippen LogP contribution >= 0.6 is 0 Å². The summed E-state index contributed by atoms with van der Waals surface area (Å²) in [7, 11) is 0. The van der Waals surface area contributed by atoms with Gasteiger partial charge in [-0.3, -0.25) is 4.79 Å². The molecule has 0 fully saturated rings. The minimum Gasteiger partial charge on any atom is -0.488 e. The monoisotopic (exact) mass is 287 g/mol. The Morgan fingerprint density at radius 3 is 3.05 bits per heavy atom. The van der Waals surface area contributed by atoms with Crippen molar-refractivity contribution >= 4 is 18.2 Å². The van der Waals surface area contributed by atoms with Crippen LogP contribution in [0.4, 0.5) is 0 Å². The summed E-state index contributed by atoms with van der Waals surface area (Å²) in [6, 6.07) is 7.82. The molecule has 0 spiro atoms. The van der Waals surface area contributed by atoms with E-state index in [4.69, 9.17) is 10.5 Å². The zero-order valence-corrected chi connectivity index (χ0v) is 12.0. The molecular formula is C16H21N3O2. The number of amides is 1. The Bertz CT molecular complexity index is 538. The van der Waals surface area contributed by atoms with Crippen molar-refractivity contribution in [2.45, 2.75) is 25.7 Å². The SMILES string of the molecule is NCCCCCC(=O)N/N=C/C1=Cc2ccccc2OC1. The Hall–Kier alpha value is -2.14. The minimum atomic E-state index is -0.0685. The maximum atomic E-state index is 11.5. The fraction of sp³-hybridized carbons (Fsp3) is 0.375. The third kappa shape index (κ3) is 5.04. The molecule has 0 saturated carbocycles. The Balaban J connectivity index is 1.77. The van der Waals surface area contributed by atoms with Crippen molar-refractivity contribution in [1.29, 1.82) is 0 Å². The number of nitrogens with one attached hydrogen (secondary N) is 1. The van der Waals surface area contributed by atoms with Crippen LogP contribution in [0.3, 0.4) is 0 Å². The Labute approximate surface area is 124 Å². The average molecular weight is 287 g/mol. The van der Waals surface area contributed by atoms with E-state index < -0.39 is 0 Å². The first-order valence-corrected chi connectivity index (χ1v) is 7.24. The molecule has 112 valence electrons. The summed E-state index contributed by atoms with van der Waals surface area (Å²) in [6.07, 6.45) is 6.90. The van der Waals surface area contributed by atoms with E-state index >= 15 is 0 Å². The second-order valence-corrected chi connectivity index (χ2v) is 4.94. The second kappa shape index (κ2) is 8.21. The summed E-state index contributed by atoms with van der Waals surface area (Å²) >= 11 is 0. The molecule has 1 amide bonds. The molecule has 1 aromatic carbocycles. The number of benzene rings is 1. The van der Waals surface area contributed by atoms with Crippen LogP contribution in [0, 0.1) is 0 Å². The van der Waals surface area contributed by atoms with Crippen LogP contribution in [0.2, 0.25) is 0 Å². The van der Waals surface area contributed by atoms with Crippen LogP contribution in [0.25, 0.3) is 6.08 Å². The molecular weight excluding hydrogens is 266 g/mol. The third-order valence-electron chi connectivity index (χ3n) is 3.18. The first-order valence-electron chi connectivity index (χ1n) is 7.24. The molecule has 2 rings (SSSR count). The average Bonchev–Trinajstić information content (AvgIpc) is 2.51. The van der Waals surface area contributed by atoms with E-state index in [1.807, 2.05) is 30.3 Å². The molecule has 1 heterocycles. The summed E-state index contributed by atoms with van der Waals surface area (Å²) in [6.45, 7) is 1.14. The van der Waals surface area contributed by atoms with Crippen LogP contribution in [-0.2, 0) is 4.79 Å². The number of carbonyl (C=O) groups excluding carboxylic acids is 1. The Morgan fingerprint density at radius 2 is 2.19 bits per heavy atom. The fourth-order valence-electron chi connectivity index (χ4n) is 2.06. The molecule has 3 N–H and O–H groups in total. The van der Waals surface area contributed by atoms with E-state index in [9.17, 15) is 4.79 Å². The molecule has 5 heteroatoms. The van der Waals surface area contributed by atoms with Gasteiger partial charge in [0.05, 0.1) is 6.21 Å². The maximum Gasteiger partial charge on any atom is 0.240 e. The van der Waals surface area contributed by atoms with E-state index in [0.29, 0.717) is 19.6 Å². The number of nitrogens with zero attached hydrogens (tertiary/aromatic N) is 1. The molecule has 0 atom stereocenters. The van der Waals surface area contributed by atoms with E-state index in [2.05, 4.69) is 10.5 Å². The van der Waals surface area contributed by atoms with Crippen LogP contribution in [0.1, 0.15) is 31.2 Å². The van der Waals surface area contributed by atoms with Gasteiger partial charge in [0.15, 0.2) is 0 Å². The standard InChI is InChI=1S/C16H21N3O2/c17-9-5-1-2-8-16(20)19-18-11-13-10-14-6-3-4-7-15(14)21-12-13/h3-4,6-7,10-11H,1-2,5,8-9,12,17H2,(H,19,20)/b18-11+. The molecule has 1 aliphatic rings. The van der Waals surface area contributed by atoms with Gasteiger partial charge in [0.25, 0.3) is 0 Å². The molecule has 0 radical (unpaired) electrons. The number of nitrogens with two attached hydrogens (primary N) is 1. The van der Waals surface area contributed by atoms with Crippen molar-refractivity contribution < 1.29 is 9.53 Å². The Morgan fingerprint density at radius 1 is 1.33 bits per heavy atom. The largest absolute Gasteiger partial charge is 0.488 e. The normalized spacial score (nSPS) is 13.5. The molecule has 0 unspecified atom stereocenters. The number of hydrogen-bond donors (Lipinski definition) is 2. The second-order valence-electron chi connectivity index (χ2n) is 4.94. The van der Waals surface area contributed by atoms with Crippen molar-refractivity contribution in [2.24, 2.45) is 10.8 Å². The van der Waals surface area contributed by atoms with Crippen LogP contribution in [-0.4, -0.2) is 25.3 Å². The highest BCUT2D eigenvalue weighted by Crippen LogP contribution is 2.24. The number of para-hydroxylation sites is 1. The van der Waals surface area contributed by atoms with Crippen LogP contribution < -0.4 is 15.9 Å². The minimum absolute atomic E-state index is 0.0685. The Kier molecular flexibility index (Phi) is 5.97. The van der Waals surface area contributed by atoms with Gasteiger partial charge in [-0.15, -0.1) is 0 Å². The lowest BCUT2D eigenvalue weighted by Crippen LogP contribution is -2.18. The molecule has 5 nitrogen and oxygen atoms in total. The smallest absolute Gasteiger partial charge is 0.240 e. The summed E-state index contributed by atoms with van der Waals surface area (Å²) in [5.74, 6) is 0.805. The number of rotatable bonds is 7. The summed E-state index contributed by atoms with van der Waals surface area (Å²) in [5.41, 5.74) is 9.89. The predicted molar refractivity (Wildman–Crippen MR) is 84.1 cm³/mol. The zero-order valence-electron chi connectivity index (χ0n) is 12.0. The number of hydrazone groups is 1. The number of ether oxygens (including phenoxy) is 1. The van der Waals surface area contributed by atoms with Crippen molar-refractivity contribution in [3.8, 4) is 5.75 Å². The maximum absolute atomic E-state index is 11.5. The van der Waals surface area contributed by atoms with Crippen molar-refractivity contribution in [2.75, 3.05) is 13.2 Å². The van der Waals surface area contributed by atoms with Gasteiger partial charge in [-0.25, -0.2) is 5.43 Å². The number of hydrogen-bond acceptors (Lipinski definition) is 4. The lowest BCUT2D eigenvalue weighted by molar-refractivity contribution is -0.121. The van der Waals surface area contributed by atoms with E-state index in [1.54, 1.807) is 6.21 Å². The van der Waals surface area contributed by atoms with Gasteiger partial charge in [0.2, 0.25) is 5.91 Å². The van der Waals surface area contributed by atoms with Crippen LogP contribution in [0.15, 0.2) is 34.9 Å². The highest BCUT2D eigenvalue weighted by Gasteiger charge is 2.08. The number of unbranched alkanes of at least 4 members (excludes halogenated alkanes) is 2. The van der Waals surface area contributed by atoms with E-state index in [1.165, 1.54) is 0 Å². The third-order valence-corrected chi connectivity index (χ3v) is 3.18. The lowest BCUT2D eigenvalue weighted by atomic mass is 10.1. The summed E-state index contributed by atoms with van der Waals surface area (Å²) < 4.78 is 5.60. The number of carbonyl (C=O) groups is 1. The molecule has 0 saturated heterocycles. The van der Waals surface area contributed by atoms with Gasteiger partial charge >= 0.3 is 0 Å². The highest BCUT2D eigenvalue weighted by atomic mass is 16.5. The van der Waals surface area contributed by atoms with Crippen molar-refractivity contribution in [3.63, 3.8) is 0 Å². The van der Waals surface area contributed by atoms with Crippen molar-refractivity contribution in [3.05, 3.63) is 35.4 Å². The van der Waals surface area contributed by atoms with E-state index in [-0.39, 0.29) is 5.91 Å². The summed E-state index contributed by atoms with van der Waals surface area (Å²) in [4.78, 5) is 11.5. The van der Waals surface area contributed by atoms with E-state index in [0.717, 1.165) is 36.1 Å². The lowest BCUT2D eigenvalue weighted by Gasteiger charge is -2.15. The van der Waals surface area contributed by atoms with Gasteiger partial charge in [-0.2, -0.15) is 5.10 Å². The van der Waals surface area contributed by atoms with Crippen molar-refractivity contribution in [1.82, 2.24) is 5.43 Å². The predicted octanol–water partition coefficient (Wildman–Crippen LogP) is 2.08. The molecule has 0 bridgehead atoms. The van der Waals surface area contributed by atoms with Gasteiger partial charge < -0.3 is 10.5 Å². The molecule has 21 heavy (non-hydrogen) atoms. The first-order chi connectivity index (χ1) is 10.3. The topological polar surface area (TPSA) is 76.7 Å². The first kappa shape index (κ1) is 15.3. The van der Waals surface area contributed by atoms with Gasteiger partial charge in [0.1, 0.15) is 12.4 Å².